The lowest BCUT2D eigenvalue weighted by Gasteiger charge is -2.08. The van der Waals surface area contributed by atoms with Crippen LogP contribution in [0.25, 0.3) is 11.0 Å². The molecule has 0 aliphatic rings. The quantitative estimate of drug-likeness (QED) is 0.158. The van der Waals surface area contributed by atoms with Crippen molar-refractivity contribution < 1.29 is 23.5 Å². The molecule has 4 aromatic rings. The third-order valence-corrected chi connectivity index (χ3v) is 5.26. The van der Waals surface area contributed by atoms with Crippen molar-refractivity contribution in [3.05, 3.63) is 106 Å². The highest BCUT2D eigenvalue weighted by atomic mass is 16.5. The molecule has 3 aromatic carbocycles. The van der Waals surface area contributed by atoms with E-state index in [1.807, 2.05) is 60.7 Å². The molecule has 1 amide bonds. The van der Waals surface area contributed by atoms with Crippen molar-refractivity contribution in [1.29, 1.82) is 0 Å². The van der Waals surface area contributed by atoms with Gasteiger partial charge in [-0.05, 0) is 48.7 Å². The molecule has 35 heavy (non-hydrogen) atoms. The van der Waals surface area contributed by atoms with Crippen LogP contribution in [-0.4, -0.2) is 25.0 Å². The van der Waals surface area contributed by atoms with Gasteiger partial charge in [-0.25, -0.2) is 4.79 Å². The third-order valence-electron chi connectivity index (χ3n) is 5.26. The molecule has 0 aliphatic carbocycles. The largest absolute Gasteiger partial charge is 0.494 e. The summed E-state index contributed by atoms with van der Waals surface area (Å²) in [6.45, 7) is 0.785. The highest BCUT2D eigenvalue weighted by molar-refractivity contribution is 5.96. The van der Waals surface area contributed by atoms with Gasteiger partial charge in [0.2, 0.25) is 0 Å². The minimum atomic E-state index is -0.753. The Morgan fingerprint density at radius 2 is 1.60 bits per heavy atom. The first-order chi connectivity index (χ1) is 17.1. The molecule has 0 aliphatic heterocycles. The summed E-state index contributed by atoms with van der Waals surface area (Å²) in [5, 5.41) is 3.30. The summed E-state index contributed by atoms with van der Waals surface area (Å²) >= 11 is 0. The predicted octanol–water partition coefficient (Wildman–Crippen LogP) is 4.53. The number of ether oxygens (including phenoxy) is 2. The molecule has 0 bridgehead atoms. The van der Waals surface area contributed by atoms with Crippen molar-refractivity contribution in [3.8, 4) is 11.5 Å². The predicted molar refractivity (Wildman–Crippen MR) is 132 cm³/mol. The van der Waals surface area contributed by atoms with Crippen LogP contribution in [0.1, 0.15) is 28.8 Å². The Kier molecular flexibility index (Phi) is 7.91. The lowest BCUT2D eigenvalue weighted by molar-refractivity contribution is -0.134. The molecule has 1 heterocycles. The number of esters is 1. The summed E-state index contributed by atoms with van der Waals surface area (Å²) in [6, 6.07) is 25.3. The van der Waals surface area contributed by atoms with Gasteiger partial charge in [0, 0.05) is 24.4 Å². The van der Waals surface area contributed by atoms with Crippen LogP contribution in [0.2, 0.25) is 0 Å². The molecule has 178 valence electrons. The molecule has 0 fully saturated rings. The fourth-order valence-electron chi connectivity index (χ4n) is 3.48. The normalized spacial score (nSPS) is 10.6. The molecular formula is C28H25NO6. The Labute approximate surface area is 202 Å². The first kappa shape index (κ1) is 23.8. The molecule has 0 radical (unpaired) electrons. The number of nitrogens with one attached hydrogen (secondary N) is 1. The van der Waals surface area contributed by atoms with Gasteiger partial charge in [-0.1, -0.05) is 48.5 Å². The second kappa shape index (κ2) is 11.7. The summed E-state index contributed by atoms with van der Waals surface area (Å²) in [4.78, 5) is 37.0. The number of rotatable bonds is 10. The fourth-order valence-corrected chi connectivity index (χ4v) is 3.48. The van der Waals surface area contributed by atoms with Crippen LogP contribution in [0, 0.1) is 0 Å². The number of hydrogen-bond acceptors (Lipinski definition) is 6. The molecule has 4 rings (SSSR count). The van der Waals surface area contributed by atoms with E-state index in [9.17, 15) is 14.4 Å². The first-order valence-corrected chi connectivity index (χ1v) is 11.4. The van der Waals surface area contributed by atoms with Gasteiger partial charge in [0.25, 0.3) is 5.91 Å². The van der Waals surface area contributed by atoms with E-state index >= 15 is 0 Å². The van der Waals surface area contributed by atoms with Gasteiger partial charge in [-0.2, -0.15) is 0 Å². The standard InChI is InChI=1S/C28H25NO6/c30-26(12-7-17-33-22-10-5-2-6-11-22)34-23-14-13-21-18-24(28(32)35-25(21)19-23)27(31)29-16-15-20-8-3-1-4-9-20/h1-6,8-11,13-14,18-19H,7,12,15-17H2,(H,29,31). The van der Waals surface area contributed by atoms with Crippen molar-refractivity contribution in [2.24, 2.45) is 0 Å². The van der Waals surface area contributed by atoms with Crippen molar-refractivity contribution in [3.63, 3.8) is 0 Å². The summed E-state index contributed by atoms with van der Waals surface area (Å²) in [5.41, 5.74) is 0.489. The third kappa shape index (κ3) is 6.80. The van der Waals surface area contributed by atoms with Crippen LogP contribution < -0.4 is 20.4 Å². The van der Waals surface area contributed by atoms with Crippen LogP contribution in [-0.2, 0) is 11.2 Å². The zero-order chi connectivity index (χ0) is 24.5. The molecule has 1 N–H and O–H groups in total. The zero-order valence-corrected chi connectivity index (χ0v) is 19.1. The van der Waals surface area contributed by atoms with E-state index < -0.39 is 17.5 Å². The molecule has 7 heteroatoms. The van der Waals surface area contributed by atoms with Crippen molar-refractivity contribution in [2.75, 3.05) is 13.2 Å². The molecule has 1 aromatic heterocycles. The first-order valence-electron chi connectivity index (χ1n) is 11.4. The maximum atomic E-state index is 12.5. The maximum Gasteiger partial charge on any atom is 0.349 e. The van der Waals surface area contributed by atoms with Crippen LogP contribution in [0.5, 0.6) is 11.5 Å². The average Bonchev–Trinajstić information content (AvgIpc) is 2.87. The second-order valence-corrected chi connectivity index (χ2v) is 7.88. The van der Waals surface area contributed by atoms with Crippen molar-refractivity contribution in [2.45, 2.75) is 19.3 Å². The van der Waals surface area contributed by atoms with E-state index in [0.29, 0.717) is 31.4 Å². The van der Waals surface area contributed by atoms with Crippen LogP contribution in [0.4, 0.5) is 0 Å². The number of fused-ring (bicyclic) bond motifs is 1. The van der Waals surface area contributed by atoms with Crippen molar-refractivity contribution >= 4 is 22.8 Å². The molecule has 0 saturated heterocycles. The Hall–Kier alpha value is -4.39. The highest BCUT2D eigenvalue weighted by Gasteiger charge is 2.14. The van der Waals surface area contributed by atoms with E-state index in [1.165, 1.54) is 12.1 Å². The summed E-state index contributed by atoms with van der Waals surface area (Å²) < 4.78 is 16.2. The van der Waals surface area contributed by atoms with Gasteiger partial charge < -0.3 is 19.2 Å². The van der Waals surface area contributed by atoms with Gasteiger partial charge in [-0.15, -0.1) is 0 Å². The monoisotopic (exact) mass is 471 g/mol. The summed E-state index contributed by atoms with van der Waals surface area (Å²) in [6.07, 6.45) is 1.33. The molecule has 7 nitrogen and oxygen atoms in total. The minimum absolute atomic E-state index is 0.0753. The maximum absolute atomic E-state index is 12.5. The smallest absolute Gasteiger partial charge is 0.349 e. The number of carbonyl (C=O) groups is 2. The number of hydrogen-bond donors (Lipinski definition) is 1. The number of benzene rings is 3. The van der Waals surface area contributed by atoms with Crippen LogP contribution >= 0.6 is 0 Å². The Balaban J connectivity index is 1.30. The van der Waals surface area contributed by atoms with E-state index in [0.717, 1.165) is 11.3 Å². The lowest BCUT2D eigenvalue weighted by atomic mass is 10.1. The van der Waals surface area contributed by atoms with Gasteiger partial charge in [0.05, 0.1) is 6.61 Å². The Morgan fingerprint density at radius 3 is 2.37 bits per heavy atom. The SMILES string of the molecule is O=C(CCCOc1ccccc1)Oc1ccc2cc(C(=O)NCCc3ccccc3)c(=O)oc2c1. The lowest BCUT2D eigenvalue weighted by Crippen LogP contribution is -2.29. The topological polar surface area (TPSA) is 94.8 Å². The van der Waals surface area contributed by atoms with Gasteiger partial charge in [-0.3, -0.25) is 9.59 Å². The average molecular weight is 472 g/mol. The zero-order valence-electron chi connectivity index (χ0n) is 19.1. The number of para-hydroxylation sites is 1. The van der Waals surface area contributed by atoms with E-state index in [-0.39, 0.29) is 23.3 Å². The summed E-state index contributed by atoms with van der Waals surface area (Å²) in [5.74, 6) is 0.0898. The number of amides is 1. The van der Waals surface area contributed by atoms with E-state index in [1.54, 1.807) is 12.1 Å². The number of carbonyl (C=O) groups excluding carboxylic acids is 2. The molecule has 0 spiro atoms. The van der Waals surface area contributed by atoms with Gasteiger partial charge in [0.15, 0.2) is 0 Å². The van der Waals surface area contributed by atoms with Crippen molar-refractivity contribution in [1.82, 2.24) is 5.32 Å². The van der Waals surface area contributed by atoms with Crippen LogP contribution in [0.15, 0.2) is 94.1 Å². The van der Waals surface area contributed by atoms with Crippen LogP contribution in [0.3, 0.4) is 0 Å². The van der Waals surface area contributed by atoms with Gasteiger partial charge >= 0.3 is 11.6 Å². The molecule has 0 atom stereocenters. The summed E-state index contributed by atoms with van der Waals surface area (Å²) in [7, 11) is 0. The van der Waals surface area contributed by atoms with Gasteiger partial charge in [0.1, 0.15) is 22.6 Å². The minimum Gasteiger partial charge on any atom is -0.494 e. The fraction of sp³-hybridized carbons (Fsp3) is 0.179. The highest BCUT2D eigenvalue weighted by Crippen LogP contribution is 2.21. The molecular weight excluding hydrogens is 446 g/mol. The molecule has 0 unspecified atom stereocenters. The van der Waals surface area contributed by atoms with E-state index in [4.69, 9.17) is 13.9 Å². The Morgan fingerprint density at radius 1 is 0.857 bits per heavy atom. The molecule has 0 saturated carbocycles. The van der Waals surface area contributed by atoms with E-state index in [2.05, 4.69) is 5.32 Å². The second-order valence-electron chi connectivity index (χ2n) is 7.88. The Bertz CT molecular complexity index is 1350.